The van der Waals surface area contributed by atoms with Gasteiger partial charge >= 0.3 is 0 Å². The number of rotatable bonds is 5. The lowest BCUT2D eigenvalue weighted by Gasteiger charge is -2.10. The van der Waals surface area contributed by atoms with Crippen LogP contribution in [0.15, 0.2) is 30.5 Å². The number of H-pyrrole nitrogens is 1. The molecule has 1 aromatic carbocycles. The maximum atomic E-state index is 11.8. The summed E-state index contributed by atoms with van der Waals surface area (Å²) in [5, 5.41) is 7.53. The van der Waals surface area contributed by atoms with Gasteiger partial charge in [0, 0.05) is 23.6 Å². The summed E-state index contributed by atoms with van der Waals surface area (Å²) >= 11 is 0. The molecule has 3 rings (SSSR count). The van der Waals surface area contributed by atoms with Crippen LogP contribution >= 0.6 is 0 Å². The first-order valence-corrected chi connectivity index (χ1v) is 7.41. The quantitative estimate of drug-likeness (QED) is 0.728. The predicted molar refractivity (Wildman–Crippen MR) is 80.7 cm³/mol. The number of hydrogen-bond donors (Lipinski definition) is 3. The molecule has 0 saturated carbocycles. The number of para-hydroxylation sites is 1. The van der Waals surface area contributed by atoms with Gasteiger partial charge in [0.1, 0.15) is 0 Å². The molecule has 1 fully saturated rings. The van der Waals surface area contributed by atoms with Gasteiger partial charge in [0.25, 0.3) is 0 Å². The number of carbonyl (C=O) groups is 1. The maximum Gasteiger partial charge on any atom is 0.237 e. The average Bonchev–Trinajstić information content (AvgIpc) is 3.13. The summed E-state index contributed by atoms with van der Waals surface area (Å²) in [5.74, 6) is 0.154. The van der Waals surface area contributed by atoms with E-state index < -0.39 is 0 Å². The highest BCUT2D eigenvalue weighted by Gasteiger charge is 2.21. The van der Waals surface area contributed by atoms with E-state index in [-0.39, 0.29) is 11.9 Å². The van der Waals surface area contributed by atoms with Crippen LogP contribution in [0.5, 0.6) is 0 Å². The summed E-state index contributed by atoms with van der Waals surface area (Å²) < 4.78 is 0. The minimum atomic E-state index is 0.0306. The van der Waals surface area contributed by atoms with Gasteiger partial charge in [-0.1, -0.05) is 18.2 Å². The van der Waals surface area contributed by atoms with E-state index in [0.717, 1.165) is 38.8 Å². The van der Waals surface area contributed by atoms with Crippen LogP contribution in [0.3, 0.4) is 0 Å². The van der Waals surface area contributed by atoms with Gasteiger partial charge in [-0.05, 0) is 43.9 Å². The Labute approximate surface area is 118 Å². The number of amides is 1. The Morgan fingerprint density at radius 2 is 2.25 bits per heavy atom. The largest absolute Gasteiger partial charge is 0.361 e. The number of carbonyl (C=O) groups excluding carboxylic acids is 1. The molecule has 0 radical (unpaired) electrons. The summed E-state index contributed by atoms with van der Waals surface area (Å²) in [4.78, 5) is 15.1. The number of aromatic amines is 1. The standard InChI is InChI=1S/C16H21N3O/c20-16(15-8-4-9-17-15)18-10-3-5-12-11-19-14-7-2-1-6-13(12)14/h1-2,6-7,11,15,17,19H,3-5,8-10H2,(H,18,20). The molecule has 1 unspecified atom stereocenters. The van der Waals surface area contributed by atoms with Crippen molar-refractivity contribution in [1.82, 2.24) is 15.6 Å². The van der Waals surface area contributed by atoms with Gasteiger partial charge in [0.2, 0.25) is 5.91 Å². The Morgan fingerprint density at radius 1 is 1.35 bits per heavy atom. The highest BCUT2D eigenvalue weighted by atomic mass is 16.2. The Hall–Kier alpha value is -1.81. The maximum absolute atomic E-state index is 11.8. The van der Waals surface area contributed by atoms with Gasteiger partial charge in [-0.2, -0.15) is 0 Å². The van der Waals surface area contributed by atoms with E-state index in [2.05, 4.69) is 40.0 Å². The fourth-order valence-electron chi connectivity index (χ4n) is 2.86. The third-order valence-electron chi connectivity index (χ3n) is 3.97. The lowest BCUT2D eigenvalue weighted by Crippen LogP contribution is -2.40. The molecule has 20 heavy (non-hydrogen) atoms. The van der Waals surface area contributed by atoms with Crippen LogP contribution in [-0.2, 0) is 11.2 Å². The van der Waals surface area contributed by atoms with Crippen molar-refractivity contribution in [2.24, 2.45) is 0 Å². The van der Waals surface area contributed by atoms with Crippen LogP contribution in [0.1, 0.15) is 24.8 Å². The molecule has 106 valence electrons. The summed E-state index contributed by atoms with van der Waals surface area (Å²) in [6.07, 6.45) is 6.11. The van der Waals surface area contributed by atoms with Crippen molar-refractivity contribution in [2.45, 2.75) is 31.7 Å². The van der Waals surface area contributed by atoms with Crippen molar-refractivity contribution in [2.75, 3.05) is 13.1 Å². The Morgan fingerprint density at radius 3 is 3.10 bits per heavy atom. The zero-order valence-corrected chi connectivity index (χ0v) is 11.6. The van der Waals surface area contributed by atoms with Gasteiger partial charge in [-0.25, -0.2) is 0 Å². The first kappa shape index (κ1) is 13.2. The monoisotopic (exact) mass is 271 g/mol. The molecule has 0 bridgehead atoms. The second-order valence-electron chi connectivity index (χ2n) is 5.40. The third kappa shape index (κ3) is 2.85. The second kappa shape index (κ2) is 6.09. The number of benzene rings is 1. The molecule has 3 N–H and O–H groups in total. The number of fused-ring (bicyclic) bond motifs is 1. The molecule has 2 heterocycles. The molecule has 4 nitrogen and oxygen atoms in total. The van der Waals surface area contributed by atoms with Gasteiger partial charge in [-0.3, -0.25) is 4.79 Å². The molecular formula is C16H21N3O. The van der Waals surface area contributed by atoms with E-state index in [9.17, 15) is 4.79 Å². The fraction of sp³-hybridized carbons (Fsp3) is 0.438. The van der Waals surface area contributed by atoms with Crippen LogP contribution < -0.4 is 10.6 Å². The van der Waals surface area contributed by atoms with Crippen molar-refractivity contribution in [3.63, 3.8) is 0 Å². The molecule has 1 aliphatic heterocycles. The molecule has 1 amide bonds. The second-order valence-corrected chi connectivity index (χ2v) is 5.40. The van der Waals surface area contributed by atoms with Gasteiger partial charge in [0.15, 0.2) is 0 Å². The zero-order valence-electron chi connectivity index (χ0n) is 11.6. The van der Waals surface area contributed by atoms with Crippen LogP contribution in [0.4, 0.5) is 0 Å². The summed E-state index contributed by atoms with van der Waals surface area (Å²) in [6, 6.07) is 8.36. The van der Waals surface area contributed by atoms with Crippen LogP contribution in [0.25, 0.3) is 10.9 Å². The third-order valence-corrected chi connectivity index (χ3v) is 3.97. The van der Waals surface area contributed by atoms with Crippen LogP contribution in [0.2, 0.25) is 0 Å². The zero-order chi connectivity index (χ0) is 13.8. The highest BCUT2D eigenvalue weighted by Crippen LogP contribution is 2.18. The lowest BCUT2D eigenvalue weighted by molar-refractivity contribution is -0.122. The van der Waals surface area contributed by atoms with E-state index in [1.807, 2.05) is 6.07 Å². The molecule has 2 aromatic rings. The lowest BCUT2D eigenvalue weighted by atomic mass is 10.1. The number of hydrogen-bond acceptors (Lipinski definition) is 2. The summed E-state index contributed by atoms with van der Waals surface area (Å²) in [5.41, 5.74) is 2.51. The van der Waals surface area contributed by atoms with Crippen molar-refractivity contribution < 1.29 is 4.79 Å². The normalized spacial score (nSPS) is 18.5. The minimum Gasteiger partial charge on any atom is -0.361 e. The number of aromatic nitrogens is 1. The predicted octanol–water partition coefficient (Wildman–Crippen LogP) is 1.97. The topological polar surface area (TPSA) is 56.9 Å². The van der Waals surface area contributed by atoms with Crippen molar-refractivity contribution in [1.29, 1.82) is 0 Å². The summed E-state index contributed by atoms with van der Waals surface area (Å²) in [7, 11) is 0. The molecule has 0 aliphatic carbocycles. The van der Waals surface area contributed by atoms with E-state index in [1.165, 1.54) is 16.5 Å². The van der Waals surface area contributed by atoms with Gasteiger partial charge in [0.05, 0.1) is 6.04 Å². The number of aryl methyl sites for hydroxylation is 1. The Bertz CT molecular complexity index is 584. The molecule has 4 heteroatoms. The number of nitrogens with one attached hydrogen (secondary N) is 3. The molecule has 1 aliphatic rings. The minimum absolute atomic E-state index is 0.0306. The van der Waals surface area contributed by atoms with Crippen molar-refractivity contribution in [3.8, 4) is 0 Å². The molecule has 1 saturated heterocycles. The molecule has 1 atom stereocenters. The Balaban J connectivity index is 1.47. The molecule has 1 aromatic heterocycles. The van der Waals surface area contributed by atoms with Crippen molar-refractivity contribution in [3.05, 3.63) is 36.0 Å². The fourth-order valence-corrected chi connectivity index (χ4v) is 2.86. The molecular weight excluding hydrogens is 250 g/mol. The van der Waals surface area contributed by atoms with E-state index in [1.54, 1.807) is 0 Å². The Kier molecular flexibility index (Phi) is 4.02. The van der Waals surface area contributed by atoms with E-state index >= 15 is 0 Å². The average molecular weight is 271 g/mol. The van der Waals surface area contributed by atoms with Gasteiger partial charge in [-0.15, -0.1) is 0 Å². The SMILES string of the molecule is O=C(NCCCc1c[nH]c2ccccc12)C1CCCN1. The van der Waals surface area contributed by atoms with E-state index in [4.69, 9.17) is 0 Å². The van der Waals surface area contributed by atoms with E-state index in [0.29, 0.717) is 0 Å². The van der Waals surface area contributed by atoms with Crippen LogP contribution in [-0.4, -0.2) is 30.0 Å². The smallest absolute Gasteiger partial charge is 0.237 e. The highest BCUT2D eigenvalue weighted by molar-refractivity contribution is 5.83. The van der Waals surface area contributed by atoms with Crippen molar-refractivity contribution >= 4 is 16.8 Å². The first-order valence-electron chi connectivity index (χ1n) is 7.41. The first-order chi connectivity index (χ1) is 9.84. The molecule has 0 spiro atoms. The van der Waals surface area contributed by atoms with Crippen LogP contribution in [0, 0.1) is 0 Å². The van der Waals surface area contributed by atoms with Gasteiger partial charge < -0.3 is 15.6 Å². The summed E-state index contributed by atoms with van der Waals surface area (Å²) in [6.45, 7) is 1.71.